The summed E-state index contributed by atoms with van der Waals surface area (Å²) < 4.78 is 34.3. The van der Waals surface area contributed by atoms with E-state index < -0.39 is 63.1 Å². The first-order valence-corrected chi connectivity index (χ1v) is 28.8. The summed E-state index contributed by atoms with van der Waals surface area (Å²) in [5.74, 6) is -0.476. The van der Waals surface area contributed by atoms with E-state index in [4.69, 9.17) is 18.5 Å². The fourth-order valence-electron chi connectivity index (χ4n) is 8.42. The van der Waals surface area contributed by atoms with Gasteiger partial charge >= 0.3 is 13.8 Å². The van der Waals surface area contributed by atoms with Gasteiger partial charge in [0.05, 0.1) is 13.2 Å². The number of aliphatic hydroxyl groups is 5. The first-order valence-electron chi connectivity index (χ1n) is 27.3. The highest BCUT2D eigenvalue weighted by Crippen LogP contribution is 2.47. The molecular weight excluding hydrogens is 872 g/mol. The summed E-state index contributed by atoms with van der Waals surface area (Å²) in [6.45, 7) is 4.27. The van der Waals surface area contributed by atoms with Crippen molar-refractivity contribution in [2.75, 3.05) is 19.8 Å². The molecule has 0 aliphatic heterocycles. The fraction of sp³-hybridized carbons (Fsp3) is 0.870. The molecule has 0 spiro atoms. The molecule has 6 atom stereocenters. The van der Waals surface area contributed by atoms with Gasteiger partial charge in [-0.3, -0.25) is 13.8 Å². The van der Waals surface area contributed by atoms with Crippen molar-refractivity contribution in [2.24, 2.45) is 0 Å². The third-order valence-corrected chi connectivity index (χ3v) is 13.8. The van der Waals surface area contributed by atoms with Crippen LogP contribution >= 0.6 is 7.82 Å². The van der Waals surface area contributed by atoms with Crippen molar-refractivity contribution in [1.82, 2.24) is 0 Å². The van der Waals surface area contributed by atoms with E-state index in [0.29, 0.717) is 13.0 Å². The zero-order valence-electron chi connectivity index (χ0n) is 42.5. The Bertz CT molecular complexity index is 1250. The van der Waals surface area contributed by atoms with Crippen LogP contribution < -0.4 is 0 Å². The average Bonchev–Trinajstić information content (AvgIpc) is 3.31. The lowest BCUT2D eigenvalue weighted by Crippen LogP contribution is -2.64. The van der Waals surface area contributed by atoms with Gasteiger partial charge in [-0.25, -0.2) is 4.57 Å². The fourth-order valence-corrected chi connectivity index (χ4v) is 9.40. The lowest BCUT2D eigenvalue weighted by atomic mass is 9.85. The summed E-state index contributed by atoms with van der Waals surface area (Å²) >= 11 is 0. The van der Waals surface area contributed by atoms with E-state index in [-0.39, 0.29) is 13.0 Å². The SMILES string of the molecule is CCCCCCC/C=C\C/C=C\C/C=C\CCCCCCCCCCCOCC(COP(=O)(O)OC1C(O)C(O)C(O)C(O)C1O)OC(=O)CCCCCCCCCCCCCCCCCC. The average molecular weight is 973 g/mol. The number of carbonyl (C=O) groups is 1. The van der Waals surface area contributed by atoms with Crippen molar-refractivity contribution >= 4 is 13.8 Å². The lowest BCUT2D eigenvalue weighted by Gasteiger charge is -2.41. The Balaban J connectivity index is 2.30. The predicted octanol–water partition coefficient (Wildman–Crippen LogP) is 12.6. The van der Waals surface area contributed by atoms with Gasteiger partial charge in [0.15, 0.2) is 0 Å². The van der Waals surface area contributed by atoms with Gasteiger partial charge in [-0.2, -0.15) is 0 Å². The maximum atomic E-state index is 12.9. The number of phosphoric acid groups is 1. The van der Waals surface area contributed by atoms with Gasteiger partial charge in [0, 0.05) is 13.0 Å². The molecule has 1 rings (SSSR count). The summed E-state index contributed by atoms with van der Waals surface area (Å²) in [6, 6.07) is 0. The molecule has 0 bridgehead atoms. The van der Waals surface area contributed by atoms with Gasteiger partial charge in [-0.1, -0.05) is 217 Å². The number of esters is 1. The van der Waals surface area contributed by atoms with Gasteiger partial charge in [-0.15, -0.1) is 0 Å². The summed E-state index contributed by atoms with van der Waals surface area (Å²) in [6.07, 6.45) is 42.1. The molecule has 1 fully saturated rings. The predicted molar refractivity (Wildman–Crippen MR) is 272 cm³/mol. The molecule has 0 amide bonds. The summed E-state index contributed by atoms with van der Waals surface area (Å²) in [5, 5.41) is 50.3. The summed E-state index contributed by atoms with van der Waals surface area (Å²) in [7, 11) is -5.02. The molecule has 1 aliphatic rings. The van der Waals surface area contributed by atoms with Gasteiger partial charge in [0.2, 0.25) is 0 Å². The molecule has 12 nitrogen and oxygen atoms in total. The second kappa shape index (κ2) is 44.5. The maximum absolute atomic E-state index is 12.9. The number of ether oxygens (including phenoxy) is 2. The molecule has 0 aromatic rings. The molecular formula is C54H101O12P. The van der Waals surface area contributed by atoms with Crippen LogP contribution in [0.15, 0.2) is 36.5 Å². The van der Waals surface area contributed by atoms with Crippen molar-refractivity contribution in [3.8, 4) is 0 Å². The number of unbranched alkanes of at least 4 members (excludes halogenated alkanes) is 29. The highest BCUT2D eigenvalue weighted by molar-refractivity contribution is 7.47. The number of hydrogen-bond acceptors (Lipinski definition) is 11. The number of hydrogen-bond donors (Lipinski definition) is 6. The standard InChI is InChI=1S/C54H101O12P/c1-3-5-7-9-11-13-15-17-19-21-22-23-24-25-26-27-28-30-32-34-36-38-40-42-44-63-45-47(46-64-67(61,62)66-54-52(59)50(57)49(56)51(58)53(54)60)65-48(55)43-41-39-37-35-33-31-29-20-18-16-14-12-10-8-6-4-2/h15,17,21-22,24-25,47,49-54,56-60H,3-14,16,18-20,23,26-46H2,1-2H3,(H,61,62)/b17-15-,22-21-,25-24-. The van der Waals surface area contributed by atoms with Crippen LogP contribution in [0.4, 0.5) is 0 Å². The topological polar surface area (TPSA) is 192 Å². The number of carbonyl (C=O) groups excluding carboxylic acids is 1. The minimum absolute atomic E-state index is 0.0775. The van der Waals surface area contributed by atoms with Gasteiger partial charge in [-0.05, 0) is 51.4 Å². The third-order valence-electron chi connectivity index (χ3n) is 12.8. The highest BCUT2D eigenvalue weighted by atomic mass is 31.2. The Morgan fingerprint density at radius 3 is 1.27 bits per heavy atom. The third kappa shape index (κ3) is 36.2. The van der Waals surface area contributed by atoms with Crippen LogP contribution in [0.25, 0.3) is 0 Å². The van der Waals surface area contributed by atoms with Crippen molar-refractivity contribution in [2.45, 2.75) is 281 Å². The van der Waals surface area contributed by atoms with Crippen LogP contribution in [0.3, 0.4) is 0 Å². The van der Waals surface area contributed by atoms with E-state index in [1.165, 1.54) is 148 Å². The molecule has 1 saturated carbocycles. The number of rotatable bonds is 47. The molecule has 13 heteroatoms. The van der Waals surface area contributed by atoms with E-state index in [1.54, 1.807) is 0 Å². The van der Waals surface area contributed by atoms with Crippen molar-refractivity contribution < 1.29 is 58.3 Å². The van der Waals surface area contributed by atoms with Crippen LogP contribution in [-0.4, -0.2) is 98.9 Å². The van der Waals surface area contributed by atoms with Gasteiger partial charge < -0.3 is 39.9 Å². The monoisotopic (exact) mass is 973 g/mol. The Labute approximate surface area is 408 Å². The van der Waals surface area contributed by atoms with Crippen LogP contribution in [0.5, 0.6) is 0 Å². The Hall–Kier alpha value is -1.44. The molecule has 67 heavy (non-hydrogen) atoms. The van der Waals surface area contributed by atoms with E-state index >= 15 is 0 Å². The van der Waals surface area contributed by atoms with Gasteiger partial charge in [0.1, 0.15) is 42.7 Å². The van der Waals surface area contributed by atoms with Crippen molar-refractivity contribution in [1.29, 1.82) is 0 Å². The summed E-state index contributed by atoms with van der Waals surface area (Å²) in [5.41, 5.74) is 0. The maximum Gasteiger partial charge on any atom is 0.472 e. The van der Waals surface area contributed by atoms with Gasteiger partial charge in [0.25, 0.3) is 0 Å². The van der Waals surface area contributed by atoms with Crippen LogP contribution in [0.2, 0.25) is 0 Å². The zero-order chi connectivity index (χ0) is 49.1. The molecule has 1 aliphatic carbocycles. The first kappa shape index (κ1) is 63.6. The Morgan fingerprint density at radius 1 is 0.478 bits per heavy atom. The minimum atomic E-state index is -5.02. The molecule has 394 valence electrons. The quantitative estimate of drug-likeness (QED) is 0.0147. The molecule has 0 aromatic carbocycles. The van der Waals surface area contributed by atoms with Crippen LogP contribution in [-0.2, 0) is 27.9 Å². The van der Waals surface area contributed by atoms with E-state index in [9.17, 15) is 39.8 Å². The molecule has 0 heterocycles. The van der Waals surface area contributed by atoms with E-state index in [1.807, 2.05) is 0 Å². The molecule has 6 N–H and O–H groups in total. The lowest BCUT2D eigenvalue weighted by molar-refractivity contribution is -0.220. The second-order valence-corrected chi connectivity index (χ2v) is 20.5. The zero-order valence-corrected chi connectivity index (χ0v) is 43.4. The number of phosphoric ester groups is 1. The summed E-state index contributed by atoms with van der Waals surface area (Å²) in [4.78, 5) is 23.3. The molecule has 0 saturated heterocycles. The molecule has 0 radical (unpaired) electrons. The van der Waals surface area contributed by atoms with Crippen molar-refractivity contribution in [3.05, 3.63) is 36.5 Å². The normalized spacial score (nSPS) is 21.5. The minimum Gasteiger partial charge on any atom is -0.457 e. The Kier molecular flexibility index (Phi) is 42.2. The number of allylic oxidation sites excluding steroid dienone is 6. The molecule has 0 aromatic heterocycles. The number of aliphatic hydroxyl groups excluding tert-OH is 5. The van der Waals surface area contributed by atoms with Crippen LogP contribution in [0, 0.1) is 0 Å². The van der Waals surface area contributed by atoms with Crippen molar-refractivity contribution in [3.63, 3.8) is 0 Å². The van der Waals surface area contributed by atoms with Crippen LogP contribution in [0.1, 0.15) is 239 Å². The molecule has 6 unspecified atom stereocenters. The Morgan fingerprint density at radius 2 is 0.836 bits per heavy atom. The second-order valence-electron chi connectivity index (χ2n) is 19.1. The largest absolute Gasteiger partial charge is 0.472 e. The van der Waals surface area contributed by atoms with E-state index in [2.05, 4.69) is 50.3 Å². The first-order chi connectivity index (χ1) is 32.5. The smallest absolute Gasteiger partial charge is 0.457 e. The van der Waals surface area contributed by atoms with E-state index in [0.717, 1.165) is 64.2 Å². The highest BCUT2D eigenvalue weighted by Gasteiger charge is 2.51.